The quantitative estimate of drug-likeness (QED) is 0.240. The summed E-state index contributed by atoms with van der Waals surface area (Å²) in [7, 11) is 1.46. The van der Waals surface area contributed by atoms with Crippen molar-refractivity contribution in [1.82, 2.24) is 0 Å². The summed E-state index contributed by atoms with van der Waals surface area (Å²) in [6.45, 7) is -0.418. The van der Waals surface area contributed by atoms with Crippen molar-refractivity contribution in [2.24, 2.45) is 0 Å². The molecule has 0 aromatic heterocycles. The van der Waals surface area contributed by atoms with Crippen LogP contribution in [-0.4, -0.2) is 37.3 Å². The standard InChI is InChI=1S/C30H27NO6/c1-36-27-10-6-5-9-25(27)31-28(33)23-16-15-22(17-24(23)29(31)34)30(35)37-18-26(32)21-13-11-20(12-14-21)19-7-3-2-4-8-19/h5-6,9-17,19H,2-4,7-8,18H2,1H3. The molecule has 1 saturated carbocycles. The minimum Gasteiger partial charge on any atom is -0.495 e. The van der Waals surface area contributed by atoms with E-state index in [1.165, 1.54) is 63.0 Å². The fourth-order valence-electron chi connectivity index (χ4n) is 5.08. The van der Waals surface area contributed by atoms with E-state index in [4.69, 9.17) is 9.47 Å². The Morgan fingerprint density at radius 3 is 2.24 bits per heavy atom. The summed E-state index contributed by atoms with van der Waals surface area (Å²) >= 11 is 0. The maximum Gasteiger partial charge on any atom is 0.338 e. The maximum atomic E-state index is 13.1. The van der Waals surface area contributed by atoms with Gasteiger partial charge in [-0.3, -0.25) is 14.4 Å². The Kier molecular flexibility index (Phi) is 6.86. The van der Waals surface area contributed by atoms with Crippen molar-refractivity contribution >= 4 is 29.3 Å². The number of ketones is 1. The molecule has 1 heterocycles. The Morgan fingerprint density at radius 2 is 1.51 bits per heavy atom. The fourth-order valence-corrected chi connectivity index (χ4v) is 5.08. The van der Waals surface area contributed by atoms with Crippen molar-refractivity contribution in [3.05, 3.63) is 94.5 Å². The van der Waals surface area contributed by atoms with Crippen LogP contribution in [-0.2, 0) is 4.74 Å². The SMILES string of the molecule is COc1ccccc1N1C(=O)c2ccc(C(=O)OCC(=O)c3ccc(C4CCCCC4)cc3)cc2C1=O. The van der Waals surface area contributed by atoms with E-state index in [9.17, 15) is 19.2 Å². The summed E-state index contributed by atoms with van der Waals surface area (Å²) in [5, 5.41) is 0. The van der Waals surface area contributed by atoms with Gasteiger partial charge in [-0.05, 0) is 54.7 Å². The summed E-state index contributed by atoms with van der Waals surface area (Å²) in [6.07, 6.45) is 6.12. The number of anilines is 1. The van der Waals surface area contributed by atoms with E-state index in [2.05, 4.69) is 0 Å². The third-order valence-electron chi connectivity index (χ3n) is 7.09. The van der Waals surface area contributed by atoms with Gasteiger partial charge in [-0.2, -0.15) is 0 Å². The lowest BCUT2D eigenvalue weighted by Crippen LogP contribution is -2.29. The zero-order valence-electron chi connectivity index (χ0n) is 20.6. The molecule has 1 aliphatic carbocycles. The lowest BCUT2D eigenvalue weighted by molar-refractivity contribution is 0.0474. The van der Waals surface area contributed by atoms with Crippen molar-refractivity contribution in [1.29, 1.82) is 0 Å². The average Bonchev–Trinajstić information content (AvgIpc) is 3.20. The van der Waals surface area contributed by atoms with Gasteiger partial charge < -0.3 is 9.47 Å². The first-order chi connectivity index (χ1) is 18.0. The molecule has 1 aliphatic heterocycles. The van der Waals surface area contributed by atoms with Gasteiger partial charge in [-0.25, -0.2) is 9.69 Å². The summed E-state index contributed by atoms with van der Waals surface area (Å²) < 4.78 is 10.5. The predicted molar refractivity (Wildman–Crippen MR) is 137 cm³/mol. The van der Waals surface area contributed by atoms with E-state index in [0.717, 1.165) is 4.90 Å². The predicted octanol–water partition coefficient (Wildman–Crippen LogP) is 5.58. The van der Waals surface area contributed by atoms with Gasteiger partial charge in [0.05, 0.1) is 29.5 Å². The van der Waals surface area contributed by atoms with Crippen molar-refractivity contribution in [3.8, 4) is 5.75 Å². The third-order valence-corrected chi connectivity index (χ3v) is 7.09. The van der Waals surface area contributed by atoms with Crippen LogP contribution < -0.4 is 9.64 Å². The molecule has 0 radical (unpaired) electrons. The number of fused-ring (bicyclic) bond motifs is 1. The highest BCUT2D eigenvalue weighted by Gasteiger charge is 2.38. The van der Waals surface area contributed by atoms with Crippen molar-refractivity contribution in [2.45, 2.75) is 38.0 Å². The second-order valence-electron chi connectivity index (χ2n) is 9.33. The van der Waals surface area contributed by atoms with E-state index in [-0.39, 0.29) is 22.5 Å². The van der Waals surface area contributed by atoms with E-state index < -0.39 is 24.4 Å². The Bertz CT molecular complexity index is 1370. The van der Waals surface area contributed by atoms with E-state index in [1.54, 1.807) is 36.4 Å². The number of imide groups is 1. The van der Waals surface area contributed by atoms with E-state index in [0.29, 0.717) is 22.9 Å². The minimum absolute atomic E-state index is 0.0854. The molecule has 1 fully saturated rings. The van der Waals surface area contributed by atoms with Crippen LogP contribution in [0, 0.1) is 0 Å². The van der Waals surface area contributed by atoms with Gasteiger partial charge in [-0.1, -0.05) is 55.7 Å². The normalized spacial score (nSPS) is 15.4. The zero-order chi connectivity index (χ0) is 25.9. The van der Waals surface area contributed by atoms with Crippen LogP contribution in [0.2, 0.25) is 0 Å². The molecule has 37 heavy (non-hydrogen) atoms. The number of nitrogens with zero attached hydrogens (tertiary/aromatic N) is 1. The van der Waals surface area contributed by atoms with Gasteiger partial charge >= 0.3 is 5.97 Å². The molecule has 0 N–H and O–H groups in total. The molecular weight excluding hydrogens is 470 g/mol. The van der Waals surface area contributed by atoms with Crippen LogP contribution >= 0.6 is 0 Å². The van der Waals surface area contributed by atoms with Crippen molar-refractivity contribution < 1.29 is 28.7 Å². The van der Waals surface area contributed by atoms with E-state index >= 15 is 0 Å². The van der Waals surface area contributed by atoms with Gasteiger partial charge in [0, 0.05) is 5.56 Å². The van der Waals surface area contributed by atoms with Gasteiger partial charge in [0.25, 0.3) is 11.8 Å². The molecule has 0 unspecified atom stereocenters. The molecule has 3 aromatic carbocycles. The van der Waals surface area contributed by atoms with Crippen LogP contribution in [0.4, 0.5) is 5.69 Å². The molecule has 5 rings (SSSR count). The van der Waals surface area contributed by atoms with Crippen LogP contribution in [0.3, 0.4) is 0 Å². The Labute approximate surface area is 215 Å². The second kappa shape index (κ2) is 10.4. The highest BCUT2D eigenvalue weighted by Crippen LogP contribution is 2.35. The zero-order valence-corrected chi connectivity index (χ0v) is 20.6. The molecule has 0 saturated heterocycles. The highest BCUT2D eigenvalue weighted by molar-refractivity contribution is 6.35. The Hall–Kier alpha value is -4.26. The molecule has 188 valence electrons. The Balaban J connectivity index is 1.25. The highest BCUT2D eigenvalue weighted by atomic mass is 16.5. The van der Waals surface area contributed by atoms with Crippen LogP contribution in [0.15, 0.2) is 66.7 Å². The Morgan fingerprint density at radius 1 is 0.838 bits per heavy atom. The van der Waals surface area contributed by atoms with Gasteiger partial charge in [0.1, 0.15) is 5.75 Å². The first-order valence-corrected chi connectivity index (χ1v) is 12.4. The van der Waals surface area contributed by atoms with Gasteiger partial charge in [0.15, 0.2) is 12.4 Å². The summed E-state index contributed by atoms with van der Waals surface area (Å²) in [5.74, 6) is -1.19. The van der Waals surface area contributed by atoms with Crippen molar-refractivity contribution in [2.75, 3.05) is 18.6 Å². The molecule has 0 spiro atoms. The number of rotatable bonds is 7. The lowest BCUT2D eigenvalue weighted by atomic mass is 9.84. The number of benzene rings is 3. The number of Topliss-reactive ketones (excluding diaryl/α,β-unsaturated/α-hetero) is 1. The minimum atomic E-state index is -0.744. The molecule has 0 atom stereocenters. The summed E-state index contributed by atoms with van der Waals surface area (Å²) in [6, 6.07) is 18.4. The summed E-state index contributed by atoms with van der Waals surface area (Å²) in [4.78, 5) is 52.3. The first kappa shape index (κ1) is 24.4. The monoisotopic (exact) mass is 497 g/mol. The molecule has 3 aromatic rings. The molecule has 2 amide bonds. The van der Waals surface area contributed by atoms with Crippen molar-refractivity contribution in [3.63, 3.8) is 0 Å². The number of ether oxygens (including phenoxy) is 2. The van der Waals surface area contributed by atoms with Crippen LogP contribution in [0.25, 0.3) is 0 Å². The maximum absolute atomic E-state index is 13.1. The summed E-state index contributed by atoms with van der Waals surface area (Å²) in [5.41, 5.74) is 2.40. The van der Waals surface area contributed by atoms with Crippen LogP contribution in [0.1, 0.15) is 85.0 Å². The molecule has 0 bridgehead atoms. The first-order valence-electron chi connectivity index (χ1n) is 12.4. The number of carbonyl (C=O) groups is 4. The average molecular weight is 498 g/mol. The number of hydrogen-bond acceptors (Lipinski definition) is 6. The fraction of sp³-hybridized carbons (Fsp3) is 0.267. The third kappa shape index (κ3) is 4.77. The van der Waals surface area contributed by atoms with Gasteiger partial charge in [-0.15, -0.1) is 0 Å². The number of esters is 1. The molecule has 7 nitrogen and oxygen atoms in total. The number of amides is 2. The van der Waals surface area contributed by atoms with E-state index in [1.807, 2.05) is 12.1 Å². The largest absolute Gasteiger partial charge is 0.495 e. The van der Waals surface area contributed by atoms with Crippen LogP contribution in [0.5, 0.6) is 5.75 Å². The molecular formula is C30H27NO6. The number of carbonyl (C=O) groups excluding carboxylic acids is 4. The van der Waals surface area contributed by atoms with Gasteiger partial charge in [0.2, 0.25) is 0 Å². The molecule has 7 heteroatoms. The topological polar surface area (TPSA) is 90.0 Å². The smallest absolute Gasteiger partial charge is 0.338 e. The number of hydrogen-bond donors (Lipinski definition) is 0. The second-order valence-corrected chi connectivity index (χ2v) is 9.33. The number of para-hydroxylation sites is 2. The lowest BCUT2D eigenvalue weighted by Gasteiger charge is -2.22. The number of methoxy groups -OCH3 is 1. The molecule has 2 aliphatic rings.